The molecule has 0 amide bonds. The average molecular weight is 351 g/mol. The topological polar surface area (TPSA) is 64.5 Å². The van der Waals surface area contributed by atoms with Gasteiger partial charge in [0, 0.05) is 12.2 Å². The summed E-state index contributed by atoms with van der Waals surface area (Å²) >= 11 is 0. The lowest BCUT2D eigenvalue weighted by atomic mass is 10.0. The molecule has 0 aliphatic heterocycles. The molecule has 0 aliphatic rings. The molecule has 4 N–H and O–H groups in total. The number of aliphatic hydroxyl groups excluding tert-OH is 2. The Hall–Kier alpha value is -1.10. The molecule has 0 radical (unpaired) electrons. The first kappa shape index (κ1) is 21.9. The van der Waals surface area contributed by atoms with Crippen molar-refractivity contribution in [3.05, 3.63) is 29.8 Å². The minimum Gasteiger partial charge on any atom is -0.395 e. The van der Waals surface area contributed by atoms with Crippen molar-refractivity contribution < 1.29 is 10.2 Å². The first-order chi connectivity index (χ1) is 12.2. The fourth-order valence-corrected chi connectivity index (χ4v) is 2.93. The van der Waals surface area contributed by atoms with E-state index in [0.29, 0.717) is 0 Å². The molecule has 1 aromatic rings. The third-order valence-electron chi connectivity index (χ3n) is 4.63. The van der Waals surface area contributed by atoms with Crippen LogP contribution in [-0.2, 0) is 0 Å². The first-order valence-electron chi connectivity index (χ1n) is 10.1. The first-order valence-corrected chi connectivity index (χ1v) is 10.1. The van der Waals surface area contributed by atoms with E-state index in [-0.39, 0.29) is 12.6 Å². The quantitative estimate of drug-likeness (QED) is 0.357. The molecule has 0 aromatic heterocycles. The summed E-state index contributed by atoms with van der Waals surface area (Å²) in [6.45, 7) is 6.17. The molecule has 0 spiro atoms. The van der Waals surface area contributed by atoms with Crippen LogP contribution in [0.2, 0.25) is 0 Å². The minimum absolute atomic E-state index is 0.0631. The Bertz CT molecular complexity index is 422. The molecule has 2 unspecified atom stereocenters. The van der Waals surface area contributed by atoms with Gasteiger partial charge in [-0.25, -0.2) is 0 Å². The fourth-order valence-electron chi connectivity index (χ4n) is 2.93. The van der Waals surface area contributed by atoms with Crippen LogP contribution in [0, 0.1) is 0 Å². The van der Waals surface area contributed by atoms with Gasteiger partial charge in [0.05, 0.1) is 18.8 Å². The van der Waals surface area contributed by atoms with E-state index in [2.05, 4.69) is 24.5 Å². The largest absolute Gasteiger partial charge is 0.395 e. The molecular weight excluding hydrogens is 312 g/mol. The lowest BCUT2D eigenvalue weighted by molar-refractivity contribution is 0.0899. The van der Waals surface area contributed by atoms with Gasteiger partial charge in [-0.3, -0.25) is 0 Å². The van der Waals surface area contributed by atoms with Crippen LogP contribution in [0.25, 0.3) is 0 Å². The molecule has 0 saturated heterocycles. The fraction of sp³-hybridized carbons (Fsp3) is 0.714. The molecular formula is C21H38N2O2. The number of rotatable bonds is 15. The Kier molecular flexibility index (Phi) is 12.4. The predicted molar refractivity (Wildman–Crippen MR) is 107 cm³/mol. The summed E-state index contributed by atoms with van der Waals surface area (Å²) in [5.74, 6) is 0. The lowest BCUT2D eigenvalue weighted by Crippen LogP contribution is -2.38. The second-order valence-corrected chi connectivity index (χ2v) is 6.86. The van der Waals surface area contributed by atoms with Crippen molar-refractivity contribution >= 4 is 5.69 Å². The Morgan fingerprint density at radius 1 is 0.840 bits per heavy atom. The van der Waals surface area contributed by atoms with Crippen LogP contribution >= 0.6 is 0 Å². The summed E-state index contributed by atoms with van der Waals surface area (Å²) in [6, 6.07) is 7.60. The van der Waals surface area contributed by atoms with Gasteiger partial charge in [-0.1, -0.05) is 64.5 Å². The van der Waals surface area contributed by atoms with Crippen molar-refractivity contribution in [3.8, 4) is 0 Å². The summed E-state index contributed by atoms with van der Waals surface area (Å²) in [5.41, 5.74) is 1.93. The molecule has 144 valence electrons. The molecule has 1 rings (SSSR count). The highest BCUT2D eigenvalue weighted by Gasteiger charge is 2.19. The van der Waals surface area contributed by atoms with E-state index < -0.39 is 6.10 Å². The standard InChI is InChI=1S/C21H38N2O2/c1-3-5-7-9-15-22-19-13-11-18(12-14-19)21(25)20(17-24)23-16-10-8-6-4-2/h11-14,20-25H,3-10,15-17H2,1-2H3. The van der Waals surface area contributed by atoms with Crippen molar-refractivity contribution in [2.45, 2.75) is 77.4 Å². The number of nitrogens with one attached hydrogen (secondary N) is 2. The Morgan fingerprint density at radius 3 is 2.00 bits per heavy atom. The lowest BCUT2D eigenvalue weighted by Gasteiger charge is -2.23. The number of hydrogen-bond donors (Lipinski definition) is 4. The third kappa shape index (κ3) is 9.24. The van der Waals surface area contributed by atoms with E-state index in [0.717, 1.165) is 30.8 Å². The highest BCUT2D eigenvalue weighted by Crippen LogP contribution is 2.19. The van der Waals surface area contributed by atoms with Gasteiger partial charge in [0.15, 0.2) is 0 Å². The monoisotopic (exact) mass is 350 g/mol. The summed E-state index contributed by atoms with van der Waals surface area (Å²) in [7, 11) is 0. The van der Waals surface area contributed by atoms with Gasteiger partial charge in [0.25, 0.3) is 0 Å². The Balaban J connectivity index is 2.38. The molecule has 2 atom stereocenters. The van der Waals surface area contributed by atoms with Crippen LogP contribution < -0.4 is 10.6 Å². The zero-order valence-electron chi connectivity index (χ0n) is 16.1. The molecule has 0 heterocycles. The van der Waals surface area contributed by atoms with Gasteiger partial charge in [0.2, 0.25) is 0 Å². The maximum atomic E-state index is 10.5. The molecule has 4 heteroatoms. The van der Waals surface area contributed by atoms with E-state index >= 15 is 0 Å². The van der Waals surface area contributed by atoms with Gasteiger partial charge in [-0.05, 0) is 37.1 Å². The normalized spacial score (nSPS) is 13.6. The van der Waals surface area contributed by atoms with Crippen LogP contribution in [0.4, 0.5) is 5.69 Å². The highest BCUT2D eigenvalue weighted by atomic mass is 16.3. The second-order valence-electron chi connectivity index (χ2n) is 6.86. The smallest absolute Gasteiger partial charge is 0.0965 e. The van der Waals surface area contributed by atoms with Crippen molar-refractivity contribution in [1.82, 2.24) is 5.32 Å². The Labute approximate surface area is 154 Å². The summed E-state index contributed by atoms with van der Waals surface area (Å²) in [5, 5.41) is 26.8. The summed E-state index contributed by atoms with van der Waals surface area (Å²) < 4.78 is 0. The number of hydrogen-bond acceptors (Lipinski definition) is 4. The average Bonchev–Trinajstić information content (AvgIpc) is 2.64. The van der Waals surface area contributed by atoms with Crippen LogP contribution in [0.3, 0.4) is 0 Å². The number of benzene rings is 1. The van der Waals surface area contributed by atoms with Gasteiger partial charge in [0.1, 0.15) is 0 Å². The van der Waals surface area contributed by atoms with Gasteiger partial charge >= 0.3 is 0 Å². The minimum atomic E-state index is -0.685. The zero-order chi connectivity index (χ0) is 18.3. The molecule has 0 bridgehead atoms. The van der Waals surface area contributed by atoms with Crippen LogP contribution in [0.5, 0.6) is 0 Å². The van der Waals surface area contributed by atoms with Gasteiger partial charge in [-0.15, -0.1) is 0 Å². The maximum absolute atomic E-state index is 10.5. The van der Waals surface area contributed by atoms with Crippen LogP contribution in [0.1, 0.15) is 76.9 Å². The third-order valence-corrected chi connectivity index (χ3v) is 4.63. The molecule has 0 aliphatic carbocycles. The zero-order valence-corrected chi connectivity index (χ0v) is 16.1. The molecule has 25 heavy (non-hydrogen) atoms. The summed E-state index contributed by atoms with van der Waals surface area (Å²) in [4.78, 5) is 0. The van der Waals surface area contributed by atoms with Gasteiger partial charge < -0.3 is 20.8 Å². The number of anilines is 1. The second kappa shape index (κ2) is 14.1. The highest BCUT2D eigenvalue weighted by molar-refractivity contribution is 5.45. The molecule has 4 nitrogen and oxygen atoms in total. The van der Waals surface area contributed by atoms with Crippen molar-refractivity contribution in [1.29, 1.82) is 0 Å². The SMILES string of the molecule is CCCCCCNc1ccc(C(O)C(CO)NCCCCCC)cc1. The molecule has 0 saturated carbocycles. The van der Waals surface area contributed by atoms with E-state index in [1.165, 1.54) is 44.9 Å². The number of aliphatic hydroxyl groups is 2. The van der Waals surface area contributed by atoms with Crippen LogP contribution in [-0.4, -0.2) is 36.0 Å². The van der Waals surface area contributed by atoms with Crippen molar-refractivity contribution in [2.24, 2.45) is 0 Å². The predicted octanol–water partition coefficient (Wildman–Crippen LogP) is 4.24. The molecule has 0 fully saturated rings. The van der Waals surface area contributed by atoms with Crippen molar-refractivity contribution in [3.63, 3.8) is 0 Å². The maximum Gasteiger partial charge on any atom is 0.0965 e. The van der Waals surface area contributed by atoms with Crippen LogP contribution in [0.15, 0.2) is 24.3 Å². The van der Waals surface area contributed by atoms with Crippen molar-refractivity contribution in [2.75, 3.05) is 25.0 Å². The van der Waals surface area contributed by atoms with E-state index in [4.69, 9.17) is 0 Å². The van der Waals surface area contributed by atoms with E-state index in [9.17, 15) is 10.2 Å². The number of unbranched alkanes of at least 4 members (excludes halogenated alkanes) is 6. The Morgan fingerprint density at radius 2 is 1.44 bits per heavy atom. The van der Waals surface area contributed by atoms with Gasteiger partial charge in [-0.2, -0.15) is 0 Å². The van der Waals surface area contributed by atoms with E-state index in [1.54, 1.807) is 0 Å². The summed E-state index contributed by atoms with van der Waals surface area (Å²) in [6.07, 6.45) is 9.04. The van der Waals surface area contributed by atoms with E-state index in [1.807, 2.05) is 24.3 Å². The molecule has 1 aromatic carbocycles.